The minimum atomic E-state index is -0.718. The zero-order valence-corrected chi connectivity index (χ0v) is 11.8. The van der Waals surface area contributed by atoms with Gasteiger partial charge < -0.3 is 5.73 Å². The van der Waals surface area contributed by atoms with Crippen LogP contribution in [0.4, 0.5) is 5.82 Å². The SMILES string of the molecule is CC1(N=O)C=CC=C(n2nc(C(C)(C)C)cc2N)C1. The molecule has 2 rings (SSSR count). The van der Waals surface area contributed by atoms with E-state index in [0.717, 1.165) is 11.4 Å². The molecule has 102 valence electrons. The highest BCUT2D eigenvalue weighted by molar-refractivity contribution is 5.58. The molecule has 5 nitrogen and oxygen atoms in total. The zero-order chi connectivity index (χ0) is 14.3. The third-order valence-electron chi connectivity index (χ3n) is 3.27. The van der Waals surface area contributed by atoms with E-state index in [2.05, 4.69) is 31.0 Å². The molecule has 1 unspecified atom stereocenters. The van der Waals surface area contributed by atoms with E-state index in [-0.39, 0.29) is 5.41 Å². The summed E-state index contributed by atoms with van der Waals surface area (Å²) in [6.45, 7) is 8.07. The summed E-state index contributed by atoms with van der Waals surface area (Å²) in [5.74, 6) is 0.583. The molecule has 0 bridgehead atoms. The maximum atomic E-state index is 10.9. The highest BCUT2D eigenvalue weighted by atomic mass is 16.3. The van der Waals surface area contributed by atoms with E-state index < -0.39 is 5.54 Å². The number of aromatic nitrogens is 2. The summed E-state index contributed by atoms with van der Waals surface area (Å²) in [5, 5.41) is 7.73. The molecule has 0 aromatic carbocycles. The first-order valence-corrected chi connectivity index (χ1v) is 6.34. The van der Waals surface area contributed by atoms with Crippen molar-refractivity contribution in [3.63, 3.8) is 0 Å². The van der Waals surface area contributed by atoms with Crippen molar-refractivity contribution in [2.24, 2.45) is 5.18 Å². The minimum absolute atomic E-state index is 0.0589. The summed E-state index contributed by atoms with van der Waals surface area (Å²) in [5.41, 5.74) is 7.07. The normalized spacial score (nSPS) is 23.3. The first-order chi connectivity index (χ1) is 8.75. The van der Waals surface area contributed by atoms with Gasteiger partial charge in [0.05, 0.1) is 5.69 Å². The highest BCUT2D eigenvalue weighted by Crippen LogP contribution is 2.31. The molecule has 0 amide bonds. The van der Waals surface area contributed by atoms with Crippen LogP contribution in [0.3, 0.4) is 0 Å². The molecule has 0 saturated heterocycles. The molecule has 0 aliphatic heterocycles. The quantitative estimate of drug-likeness (QED) is 0.830. The zero-order valence-electron chi connectivity index (χ0n) is 11.8. The number of anilines is 1. The molecule has 0 radical (unpaired) electrons. The van der Waals surface area contributed by atoms with Gasteiger partial charge >= 0.3 is 0 Å². The molecular formula is C14H20N4O. The van der Waals surface area contributed by atoms with Crippen LogP contribution in [0.2, 0.25) is 0 Å². The molecule has 1 aliphatic carbocycles. The summed E-state index contributed by atoms with van der Waals surface area (Å²) in [6.07, 6.45) is 6.05. The summed E-state index contributed by atoms with van der Waals surface area (Å²) >= 11 is 0. The predicted molar refractivity (Wildman–Crippen MR) is 77.6 cm³/mol. The van der Waals surface area contributed by atoms with Gasteiger partial charge in [0.15, 0.2) is 0 Å². The van der Waals surface area contributed by atoms with Crippen LogP contribution >= 0.6 is 0 Å². The number of hydrogen-bond acceptors (Lipinski definition) is 4. The molecular weight excluding hydrogens is 240 g/mol. The van der Waals surface area contributed by atoms with E-state index in [9.17, 15) is 4.91 Å². The van der Waals surface area contributed by atoms with E-state index in [1.165, 1.54) is 0 Å². The molecule has 0 spiro atoms. The molecule has 1 aliphatic rings. The summed E-state index contributed by atoms with van der Waals surface area (Å²) in [4.78, 5) is 10.9. The third-order valence-corrected chi connectivity index (χ3v) is 3.27. The lowest BCUT2D eigenvalue weighted by molar-refractivity contribution is 0.551. The first kappa shape index (κ1) is 13.5. The average molecular weight is 260 g/mol. The van der Waals surface area contributed by atoms with Crippen molar-refractivity contribution in [2.75, 3.05) is 5.73 Å². The number of nitrogen functional groups attached to an aromatic ring is 1. The van der Waals surface area contributed by atoms with Gasteiger partial charge in [-0.25, -0.2) is 4.68 Å². The van der Waals surface area contributed by atoms with Gasteiger partial charge in [0.1, 0.15) is 11.4 Å². The molecule has 19 heavy (non-hydrogen) atoms. The van der Waals surface area contributed by atoms with Crippen LogP contribution in [-0.2, 0) is 5.41 Å². The number of hydrogen-bond donors (Lipinski definition) is 1. The van der Waals surface area contributed by atoms with Gasteiger partial charge in [0.2, 0.25) is 0 Å². The largest absolute Gasteiger partial charge is 0.384 e. The number of nitroso groups, excluding NO2 is 1. The Kier molecular flexibility index (Phi) is 3.08. The van der Waals surface area contributed by atoms with Crippen molar-refractivity contribution < 1.29 is 0 Å². The number of nitrogens with zero attached hydrogens (tertiary/aromatic N) is 3. The Morgan fingerprint density at radius 3 is 2.68 bits per heavy atom. The van der Waals surface area contributed by atoms with Crippen LogP contribution < -0.4 is 5.73 Å². The fraction of sp³-hybridized carbons (Fsp3) is 0.500. The van der Waals surface area contributed by atoms with Crippen molar-refractivity contribution in [3.05, 3.63) is 34.9 Å². The first-order valence-electron chi connectivity index (χ1n) is 6.34. The average Bonchev–Trinajstić information content (AvgIpc) is 2.71. The smallest absolute Gasteiger partial charge is 0.127 e. The lowest BCUT2D eigenvalue weighted by atomic mass is 9.92. The molecule has 0 saturated carbocycles. The van der Waals surface area contributed by atoms with Gasteiger partial charge in [-0.05, 0) is 13.0 Å². The van der Waals surface area contributed by atoms with Crippen LogP contribution in [0, 0.1) is 4.91 Å². The number of allylic oxidation sites excluding steroid dienone is 2. The van der Waals surface area contributed by atoms with Crippen molar-refractivity contribution >= 4 is 11.5 Å². The van der Waals surface area contributed by atoms with Crippen molar-refractivity contribution in [2.45, 2.75) is 45.1 Å². The van der Waals surface area contributed by atoms with Crippen LogP contribution in [0.25, 0.3) is 5.70 Å². The summed E-state index contributed by atoms with van der Waals surface area (Å²) in [6, 6.07) is 1.88. The van der Waals surface area contributed by atoms with Gasteiger partial charge in [0, 0.05) is 23.6 Å². The molecule has 5 heteroatoms. The fourth-order valence-electron chi connectivity index (χ4n) is 2.05. The Bertz CT molecular complexity index is 562. The summed E-state index contributed by atoms with van der Waals surface area (Å²) in [7, 11) is 0. The van der Waals surface area contributed by atoms with E-state index in [1.54, 1.807) is 17.7 Å². The Balaban J connectivity index is 2.39. The Morgan fingerprint density at radius 2 is 2.16 bits per heavy atom. The van der Waals surface area contributed by atoms with Crippen molar-refractivity contribution in [3.8, 4) is 0 Å². The molecule has 1 aromatic heterocycles. The Hall–Kier alpha value is -1.91. The van der Waals surface area contributed by atoms with Crippen LogP contribution in [0.15, 0.2) is 29.5 Å². The maximum Gasteiger partial charge on any atom is 0.127 e. The third kappa shape index (κ3) is 2.59. The topological polar surface area (TPSA) is 73.3 Å². The van der Waals surface area contributed by atoms with Crippen molar-refractivity contribution in [1.29, 1.82) is 0 Å². The van der Waals surface area contributed by atoms with Gasteiger partial charge in [-0.15, -0.1) is 4.91 Å². The van der Waals surface area contributed by atoms with Crippen LogP contribution in [0.5, 0.6) is 0 Å². The lowest BCUT2D eigenvalue weighted by Gasteiger charge is -2.22. The molecule has 1 heterocycles. The van der Waals surface area contributed by atoms with E-state index in [1.807, 2.05) is 18.2 Å². The maximum absolute atomic E-state index is 10.9. The van der Waals surface area contributed by atoms with Crippen molar-refractivity contribution in [1.82, 2.24) is 9.78 Å². The lowest BCUT2D eigenvalue weighted by Crippen LogP contribution is -2.23. The second-order valence-corrected chi connectivity index (χ2v) is 6.26. The summed E-state index contributed by atoms with van der Waals surface area (Å²) < 4.78 is 1.70. The molecule has 1 aromatic rings. The fourth-order valence-corrected chi connectivity index (χ4v) is 2.05. The Morgan fingerprint density at radius 1 is 1.47 bits per heavy atom. The van der Waals surface area contributed by atoms with Gasteiger partial charge in [-0.2, -0.15) is 5.10 Å². The van der Waals surface area contributed by atoms with Gasteiger partial charge in [-0.1, -0.05) is 38.1 Å². The van der Waals surface area contributed by atoms with Gasteiger partial charge in [-0.3, -0.25) is 0 Å². The van der Waals surface area contributed by atoms with E-state index >= 15 is 0 Å². The van der Waals surface area contributed by atoms with E-state index in [0.29, 0.717) is 12.2 Å². The number of rotatable bonds is 2. The highest BCUT2D eigenvalue weighted by Gasteiger charge is 2.28. The van der Waals surface area contributed by atoms with Crippen LogP contribution in [0.1, 0.15) is 39.8 Å². The number of nitrogens with two attached hydrogens (primary N) is 1. The van der Waals surface area contributed by atoms with E-state index in [4.69, 9.17) is 5.73 Å². The monoisotopic (exact) mass is 260 g/mol. The minimum Gasteiger partial charge on any atom is -0.384 e. The second-order valence-electron chi connectivity index (χ2n) is 6.26. The second kappa shape index (κ2) is 4.33. The molecule has 2 N–H and O–H groups in total. The van der Waals surface area contributed by atoms with Gasteiger partial charge in [0.25, 0.3) is 0 Å². The predicted octanol–water partition coefficient (Wildman–Crippen LogP) is 3.09. The Labute approximate surface area is 113 Å². The van der Waals surface area contributed by atoms with Crippen LogP contribution in [-0.4, -0.2) is 15.3 Å². The standard InChI is InChI=1S/C14H20N4O/c1-13(2,3)11-8-12(15)18(16-11)10-6-5-7-14(4,9-10)17-19/h5-8H,9,15H2,1-4H3. The molecule has 1 atom stereocenters. The molecule has 0 fully saturated rings.